The predicted octanol–water partition coefficient (Wildman–Crippen LogP) is 4.47. The van der Waals surface area contributed by atoms with Crippen molar-refractivity contribution < 1.29 is 25.0 Å². The van der Waals surface area contributed by atoms with E-state index < -0.39 is 0 Å². The molecular formula is C20H24N2ORh+3. The van der Waals surface area contributed by atoms with Crippen LogP contribution >= 0.6 is 0 Å². The molecule has 0 amide bonds. The van der Waals surface area contributed by atoms with Crippen LogP contribution in [0.25, 0.3) is 17.0 Å². The molecule has 2 aromatic heterocycles. The number of pyridine rings is 2. The van der Waals surface area contributed by atoms with E-state index in [0.717, 1.165) is 11.4 Å². The van der Waals surface area contributed by atoms with Crippen LogP contribution < -0.4 is 0 Å². The van der Waals surface area contributed by atoms with Crippen LogP contribution in [0.3, 0.4) is 0 Å². The maximum atomic E-state index is 4.63. The molecule has 0 aliphatic heterocycles. The fraction of sp³-hybridized carbons (Fsp3) is 0.300. The van der Waals surface area contributed by atoms with E-state index in [2.05, 4.69) is 50.7 Å². The SMILES string of the molecule is CC1=C(C)C(C)(C)C(c2cccnc2-c2ccccn2)=C1C.O.[Rh+3]. The van der Waals surface area contributed by atoms with E-state index in [4.69, 9.17) is 0 Å². The average molecular weight is 411 g/mol. The molecule has 0 saturated carbocycles. The Morgan fingerprint density at radius 3 is 2.04 bits per heavy atom. The predicted molar refractivity (Wildman–Crippen MR) is 95.8 cm³/mol. The van der Waals surface area contributed by atoms with Crippen molar-refractivity contribution in [3.8, 4) is 11.4 Å². The van der Waals surface area contributed by atoms with Gasteiger partial charge in [0.15, 0.2) is 0 Å². The van der Waals surface area contributed by atoms with E-state index in [1.54, 1.807) is 0 Å². The normalized spacial score (nSPS) is 15.9. The molecular weight excluding hydrogens is 387 g/mol. The van der Waals surface area contributed by atoms with Gasteiger partial charge < -0.3 is 5.48 Å². The molecule has 0 spiro atoms. The van der Waals surface area contributed by atoms with Gasteiger partial charge in [-0.1, -0.05) is 31.6 Å². The van der Waals surface area contributed by atoms with E-state index in [-0.39, 0.29) is 30.4 Å². The largest absolute Gasteiger partial charge is 3.00 e. The Hall–Kier alpha value is -1.64. The monoisotopic (exact) mass is 411 g/mol. The molecule has 2 aromatic rings. The number of aromatic nitrogens is 2. The van der Waals surface area contributed by atoms with Gasteiger partial charge in [-0.25, -0.2) is 0 Å². The van der Waals surface area contributed by atoms with Crippen LogP contribution in [0.2, 0.25) is 0 Å². The number of hydrogen-bond acceptors (Lipinski definition) is 2. The van der Waals surface area contributed by atoms with Crippen molar-refractivity contribution in [1.29, 1.82) is 0 Å². The summed E-state index contributed by atoms with van der Waals surface area (Å²) in [6.45, 7) is 11.3. The van der Waals surface area contributed by atoms with Crippen molar-refractivity contribution in [2.45, 2.75) is 34.6 Å². The molecule has 0 bridgehead atoms. The van der Waals surface area contributed by atoms with Crippen LogP contribution in [0.5, 0.6) is 0 Å². The summed E-state index contributed by atoms with van der Waals surface area (Å²) < 4.78 is 0. The summed E-state index contributed by atoms with van der Waals surface area (Å²) >= 11 is 0. The third-order valence-corrected chi connectivity index (χ3v) is 5.05. The Morgan fingerprint density at radius 2 is 1.50 bits per heavy atom. The third-order valence-electron chi connectivity index (χ3n) is 5.05. The van der Waals surface area contributed by atoms with Gasteiger partial charge in [0.1, 0.15) is 0 Å². The first-order valence-electron chi connectivity index (χ1n) is 7.71. The van der Waals surface area contributed by atoms with Crippen LogP contribution in [-0.2, 0) is 19.5 Å². The molecule has 4 heteroatoms. The molecule has 3 nitrogen and oxygen atoms in total. The van der Waals surface area contributed by atoms with Gasteiger partial charge in [-0.05, 0) is 55.7 Å². The van der Waals surface area contributed by atoms with Gasteiger partial charge in [0, 0.05) is 23.4 Å². The Kier molecular flexibility index (Phi) is 6.38. The average Bonchev–Trinajstić information content (AvgIpc) is 2.68. The van der Waals surface area contributed by atoms with Gasteiger partial charge in [-0.15, -0.1) is 0 Å². The molecule has 0 atom stereocenters. The number of nitrogens with zero attached hydrogens (tertiary/aromatic N) is 2. The molecule has 3 rings (SSSR count). The first-order valence-corrected chi connectivity index (χ1v) is 7.71. The van der Waals surface area contributed by atoms with Crippen LogP contribution in [-0.4, -0.2) is 15.4 Å². The molecule has 1 aliphatic rings. The van der Waals surface area contributed by atoms with Crippen molar-refractivity contribution in [2.75, 3.05) is 0 Å². The molecule has 0 unspecified atom stereocenters. The zero-order valence-electron chi connectivity index (χ0n) is 14.8. The quantitative estimate of drug-likeness (QED) is 0.685. The number of allylic oxidation sites excluding steroid dienone is 4. The summed E-state index contributed by atoms with van der Waals surface area (Å²) in [4.78, 5) is 9.12. The van der Waals surface area contributed by atoms with Crippen molar-refractivity contribution in [1.82, 2.24) is 9.97 Å². The number of hydrogen-bond donors (Lipinski definition) is 0. The summed E-state index contributed by atoms with van der Waals surface area (Å²) in [6.07, 6.45) is 3.67. The Balaban J connectivity index is 0.00000144. The smallest absolute Gasteiger partial charge is 0.412 e. The second kappa shape index (κ2) is 7.50. The zero-order chi connectivity index (χ0) is 15.9. The molecule has 2 heterocycles. The van der Waals surface area contributed by atoms with Crippen molar-refractivity contribution in [2.24, 2.45) is 5.41 Å². The van der Waals surface area contributed by atoms with Crippen LogP contribution in [0, 0.1) is 5.41 Å². The molecule has 0 fully saturated rings. The molecule has 0 radical (unpaired) electrons. The zero-order valence-corrected chi connectivity index (χ0v) is 16.4. The fourth-order valence-electron chi connectivity index (χ4n) is 3.45. The topological polar surface area (TPSA) is 57.3 Å². The van der Waals surface area contributed by atoms with E-state index in [9.17, 15) is 0 Å². The second-order valence-electron chi connectivity index (χ2n) is 6.49. The van der Waals surface area contributed by atoms with E-state index >= 15 is 0 Å². The van der Waals surface area contributed by atoms with Gasteiger partial charge in [0.2, 0.25) is 0 Å². The molecule has 126 valence electrons. The van der Waals surface area contributed by atoms with Gasteiger partial charge in [0.25, 0.3) is 0 Å². The van der Waals surface area contributed by atoms with Crippen molar-refractivity contribution >= 4 is 5.57 Å². The van der Waals surface area contributed by atoms with Gasteiger partial charge in [-0.3, -0.25) is 9.97 Å². The molecule has 24 heavy (non-hydrogen) atoms. The Morgan fingerprint density at radius 1 is 0.833 bits per heavy atom. The fourth-order valence-corrected chi connectivity index (χ4v) is 3.45. The van der Waals surface area contributed by atoms with Crippen LogP contribution in [0.1, 0.15) is 40.2 Å². The minimum atomic E-state index is 0. The first kappa shape index (κ1) is 20.4. The standard InChI is InChI=1S/C20H22N2.H2O.Rh/c1-13-14(2)18(20(4,5)15(13)3)16-9-8-12-22-19(16)17-10-6-7-11-21-17;;/h6-12H,1-5H3;1H2;/q;;+3. The molecule has 2 N–H and O–H groups in total. The maximum absolute atomic E-state index is 4.63. The van der Waals surface area contributed by atoms with Crippen LogP contribution in [0.15, 0.2) is 59.4 Å². The Bertz CT molecular complexity index is 792. The van der Waals surface area contributed by atoms with E-state index in [1.807, 2.05) is 36.7 Å². The second-order valence-corrected chi connectivity index (χ2v) is 6.49. The molecule has 0 aromatic carbocycles. The van der Waals surface area contributed by atoms with Gasteiger partial charge >= 0.3 is 19.5 Å². The maximum Gasteiger partial charge on any atom is 3.00 e. The van der Waals surface area contributed by atoms with Gasteiger partial charge in [0.05, 0.1) is 11.4 Å². The molecule has 1 aliphatic carbocycles. The minimum absolute atomic E-state index is 0. The van der Waals surface area contributed by atoms with Crippen LogP contribution in [0.4, 0.5) is 0 Å². The summed E-state index contributed by atoms with van der Waals surface area (Å²) in [6, 6.07) is 10.2. The van der Waals surface area contributed by atoms with Gasteiger partial charge in [-0.2, -0.15) is 0 Å². The molecule has 0 saturated heterocycles. The van der Waals surface area contributed by atoms with E-state index in [1.165, 1.54) is 27.9 Å². The third kappa shape index (κ3) is 3.13. The number of rotatable bonds is 2. The van der Waals surface area contributed by atoms with Crippen molar-refractivity contribution in [3.63, 3.8) is 0 Å². The summed E-state index contributed by atoms with van der Waals surface area (Å²) in [5, 5.41) is 0. The van der Waals surface area contributed by atoms with Crippen molar-refractivity contribution in [3.05, 3.63) is 65.0 Å². The summed E-state index contributed by atoms with van der Waals surface area (Å²) in [7, 11) is 0. The first-order chi connectivity index (χ1) is 10.4. The van der Waals surface area contributed by atoms with E-state index in [0.29, 0.717) is 0 Å². The Labute approximate surface area is 157 Å². The summed E-state index contributed by atoms with van der Waals surface area (Å²) in [5.41, 5.74) is 8.70. The minimum Gasteiger partial charge on any atom is -0.412 e. The summed E-state index contributed by atoms with van der Waals surface area (Å²) in [5.74, 6) is 0.